The van der Waals surface area contributed by atoms with E-state index in [-0.39, 0.29) is 5.56 Å². The third kappa shape index (κ3) is 4.87. The lowest BCUT2D eigenvalue weighted by Gasteiger charge is -2.43. The van der Waals surface area contributed by atoms with E-state index in [0.717, 1.165) is 0 Å². The van der Waals surface area contributed by atoms with Crippen molar-refractivity contribution in [3.05, 3.63) is 71.7 Å². The van der Waals surface area contributed by atoms with Crippen molar-refractivity contribution >= 4 is 35.5 Å². The molecule has 2 fully saturated rings. The zero-order valence-corrected chi connectivity index (χ0v) is 22.6. The van der Waals surface area contributed by atoms with Gasteiger partial charge in [-0.2, -0.15) is 0 Å². The summed E-state index contributed by atoms with van der Waals surface area (Å²) in [5.74, 6) is -1.90. The quantitative estimate of drug-likeness (QED) is 0.203. The molecule has 2 aromatic heterocycles. The first-order valence-corrected chi connectivity index (χ1v) is 13.1. The van der Waals surface area contributed by atoms with E-state index in [0.29, 0.717) is 22.6 Å². The first-order chi connectivity index (χ1) is 18.6. The smallest absolute Gasteiger partial charge is 0.347 e. The van der Waals surface area contributed by atoms with Gasteiger partial charge >= 0.3 is 11.9 Å². The first kappa shape index (κ1) is 26.4. The van der Waals surface area contributed by atoms with Crippen LogP contribution < -0.4 is 9.88 Å². The topological polar surface area (TPSA) is 132 Å². The number of pyridine rings is 1. The molecular weight excluding hydrogens is 524 g/mol. The summed E-state index contributed by atoms with van der Waals surface area (Å²) in [6, 6.07) is 10.7. The summed E-state index contributed by atoms with van der Waals surface area (Å²) >= 11 is 1.39. The number of benzene rings is 1. The van der Waals surface area contributed by atoms with Crippen LogP contribution in [0.3, 0.4) is 0 Å². The summed E-state index contributed by atoms with van der Waals surface area (Å²) < 4.78 is 16.6. The van der Waals surface area contributed by atoms with Gasteiger partial charge in [-0.05, 0) is 26.8 Å². The molecule has 0 bridgehead atoms. The average Bonchev–Trinajstić information content (AvgIpc) is 3.42. The van der Waals surface area contributed by atoms with Crippen molar-refractivity contribution in [1.82, 2.24) is 15.4 Å². The van der Waals surface area contributed by atoms with Gasteiger partial charge in [-0.25, -0.2) is 14.2 Å². The second-order valence-corrected chi connectivity index (χ2v) is 11.6. The van der Waals surface area contributed by atoms with E-state index in [1.807, 2.05) is 44.2 Å². The van der Waals surface area contributed by atoms with Crippen molar-refractivity contribution in [2.45, 2.75) is 43.0 Å². The van der Waals surface area contributed by atoms with E-state index < -0.39 is 52.8 Å². The van der Waals surface area contributed by atoms with E-state index in [2.05, 4.69) is 10.5 Å². The molecule has 4 heterocycles. The number of nitrogens with zero attached hydrogens (tertiary/aromatic N) is 3. The second-order valence-electron chi connectivity index (χ2n) is 9.81. The van der Waals surface area contributed by atoms with Crippen LogP contribution >= 0.6 is 11.8 Å². The summed E-state index contributed by atoms with van der Waals surface area (Å²) in [5, 5.41) is 6.36. The van der Waals surface area contributed by atoms with Gasteiger partial charge in [0, 0.05) is 16.4 Å². The number of aromatic nitrogens is 2. The minimum Gasteiger partial charge on any atom is -0.426 e. The number of hydrogen-bond acceptors (Lipinski definition) is 9. The summed E-state index contributed by atoms with van der Waals surface area (Å²) in [4.78, 5) is 53.0. The van der Waals surface area contributed by atoms with Gasteiger partial charge in [0.2, 0.25) is 12.7 Å². The van der Waals surface area contributed by atoms with E-state index in [1.54, 1.807) is 43.1 Å². The molecule has 2 aliphatic rings. The van der Waals surface area contributed by atoms with Crippen LogP contribution in [-0.4, -0.2) is 62.8 Å². The molecule has 11 nitrogen and oxygen atoms in total. The molecule has 0 spiro atoms. The number of carbonyl (C=O) groups is 4. The Bertz CT molecular complexity index is 1460. The third-order valence-corrected chi connectivity index (χ3v) is 8.23. The molecule has 12 heteroatoms. The monoisotopic (exact) mass is 551 g/mol. The zero-order valence-electron chi connectivity index (χ0n) is 21.7. The predicted octanol–water partition coefficient (Wildman–Crippen LogP) is 1.99. The summed E-state index contributed by atoms with van der Waals surface area (Å²) in [5.41, 5.74) is 1.65. The number of esters is 2. The molecule has 2 saturated heterocycles. The minimum atomic E-state index is -0.918. The number of aryl methyl sites for hydroxylation is 2. The maximum atomic E-state index is 13.2. The number of rotatable bonds is 7. The van der Waals surface area contributed by atoms with Gasteiger partial charge in [0.15, 0.2) is 12.4 Å². The SMILES string of the molecule is Cc1onc(-c2ccccc2)c1C(=O)NC1C(=O)N2C1SC(C)(C)[C@@H]2C(=O)OCOC(=O)c1ccc[n+](C)c1. The van der Waals surface area contributed by atoms with Crippen LogP contribution in [0.25, 0.3) is 11.3 Å². The molecule has 1 aromatic carbocycles. The van der Waals surface area contributed by atoms with Gasteiger partial charge in [0.05, 0.1) is 0 Å². The first-order valence-electron chi connectivity index (χ1n) is 12.2. The van der Waals surface area contributed by atoms with Gasteiger partial charge in [0.25, 0.3) is 5.91 Å². The standard InChI is InChI=1S/C27H26N4O7S/c1-15-18(19(29-38-15)16-9-6-5-7-10-16)22(32)28-20-23(33)31-21(27(2,3)39-24(20)31)26(35)37-14-36-25(34)17-11-8-12-30(4)13-17/h5-13,20-21,24H,14H2,1-4H3/p+1/t20?,21-,24?/m0/s1. The number of thioether (sulfide) groups is 1. The van der Waals surface area contributed by atoms with Gasteiger partial charge in [-0.3, -0.25) is 9.59 Å². The van der Waals surface area contributed by atoms with Crippen LogP contribution in [-0.2, 0) is 26.1 Å². The Morgan fingerprint density at radius 3 is 2.62 bits per heavy atom. The maximum absolute atomic E-state index is 13.2. The molecule has 2 amide bonds. The van der Waals surface area contributed by atoms with Crippen molar-refractivity contribution < 1.29 is 37.7 Å². The number of hydrogen-bond donors (Lipinski definition) is 1. The molecule has 2 aliphatic heterocycles. The lowest BCUT2D eigenvalue weighted by molar-refractivity contribution is -0.671. The third-order valence-electron chi connectivity index (χ3n) is 6.65. The Labute approximate surface area is 228 Å². The van der Waals surface area contributed by atoms with Crippen LogP contribution in [0.5, 0.6) is 0 Å². The molecule has 0 radical (unpaired) electrons. The van der Waals surface area contributed by atoms with Gasteiger partial charge < -0.3 is 24.2 Å². The van der Waals surface area contributed by atoms with Crippen molar-refractivity contribution in [2.24, 2.45) is 7.05 Å². The molecule has 0 aliphatic carbocycles. The average molecular weight is 552 g/mol. The fraction of sp³-hybridized carbons (Fsp3) is 0.333. The van der Waals surface area contributed by atoms with Crippen LogP contribution in [0.4, 0.5) is 0 Å². The number of β-lactam (4-membered cyclic amide) rings is 1. The van der Waals surface area contributed by atoms with Gasteiger partial charge in [-0.1, -0.05) is 35.5 Å². The summed E-state index contributed by atoms with van der Waals surface area (Å²) in [7, 11) is 1.77. The lowest BCUT2D eigenvalue weighted by Crippen LogP contribution is -2.70. The maximum Gasteiger partial charge on any atom is 0.347 e. The zero-order chi connectivity index (χ0) is 27.9. The fourth-order valence-corrected chi connectivity index (χ4v) is 6.41. The number of nitrogens with one attached hydrogen (secondary N) is 1. The predicted molar refractivity (Wildman–Crippen MR) is 138 cm³/mol. The number of carbonyl (C=O) groups excluding carboxylic acids is 4. The Morgan fingerprint density at radius 1 is 1.15 bits per heavy atom. The van der Waals surface area contributed by atoms with E-state index in [1.165, 1.54) is 16.7 Å². The van der Waals surface area contributed by atoms with Crippen molar-refractivity contribution in [3.63, 3.8) is 0 Å². The highest BCUT2D eigenvalue weighted by atomic mass is 32.2. The van der Waals surface area contributed by atoms with Gasteiger partial charge in [-0.15, -0.1) is 11.8 Å². The molecule has 2 unspecified atom stereocenters. The van der Waals surface area contributed by atoms with Crippen LogP contribution in [0.1, 0.15) is 40.3 Å². The van der Waals surface area contributed by atoms with Crippen molar-refractivity contribution in [1.29, 1.82) is 0 Å². The van der Waals surface area contributed by atoms with Crippen molar-refractivity contribution in [3.8, 4) is 11.3 Å². The molecule has 39 heavy (non-hydrogen) atoms. The van der Waals surface area contributed by atoms with Crippen LogP contribution in [0, 0.1) is 6.92 Å². The second kappa shape index (κ2) is 10.2. The molecule has 3 atom stereocenters. The minimum absolute atomic E-state index is 0.250. The normalized spacial score (nSPS) is 21.1. The molecule has 1 N–H and O–H groups in total. The Balaban J connectivity index is 1.23. The molecule has 202 valence electrons. The Hall–Kier alpha value is -4.19. The summed E-state index contributed by atoms with van der Waals surface area (Å²) in [6.07, 6.45) is 3.35. The summed E-state index contributed by atoms with van der Waals surface area (Å²) in [6.45, 7) is 4.69. The van der Waals surface area contributed by atoms with E-state index >= 15 is 0 Å². The van der Waals surface area contributed by atoms with Crippen molar-refractivity contribution in [2.75, 3.05) is 6.79 Å². The number of fused-ring (bicyclic) bond motifs is 1. The number of amides is 2. The largest absolute Gasteiger partial charge is 0.426 e. The molecule has 0 saturated carbocycles. The van der Waals surface area contributed by atoms with Crippen LogP contribution in [0.2, 0.25) is 0 Å². The highest BCUT2D eigenvalue weighted by molar-refractivity contribution is 8.01. The Morgan fingerprint density at radius 2 is 1.90 bits per heavy atom. The number of ether oxygens (including phenoxy) is 2. The fourth-order valence-electron chi connectivity index (χ4n) is 4.78. The Kier molecular flexibility index (Phi) is 6.89. The lowest BCUT2D eigenvalue weighted by atomic mass is 9.95. The van der Waals surface area contributed by atoms with E-state index in [9.17, 15) is 19.2 Å². The molecule has 5 rings (SSSR count). The van der Waals surface area contributed by atoms with Crippen LogP contribution in [0.15, 0.2) is 59.4 Å². The highest BCUT2D eigenvalue weighted by Gasteiger charge is 2.64. The molecule has 3 aromatic rings. The highest BCUT2D eigenvalue weighted by Crippen LogP contribution is 2.51. The van der Waals surface area contributed by atoms with Gasteiger partial charge in [0.1, 0.15) is 47.1 Å². The van der Waals surface area contributed by atoms with E-state index in [4.69, 9.17) is 14.0 Å². The molecular formula is C27H27N4O7S+.